The fraction of sp³-hybridized carbons (Fsp3) is 0.143. The Kier molecular flexibility index (Phi) is 3.62. The van der Waals surface area contributed by atoms with E-state index in [1.165, 1.54) is 6.20 Å². The topological polar surface area (TPSA) is 90.1 Å². The molecular weight excluding hydrogens is 256 g/mol. The highest BCUT2D eigenvalue weighted by atomic mass is 16.4. The minimum atomic E-state index is -1.05. The molecule has 6 nitrogen and oxygen atoms in total. The first kappa shape index (κ1) is 13.5. The van der Waals surface area contributed by atoms with Crippen LogP contribution >= 0.6 is 0 Å². The van der Waals surface area contributed by atoms with E-state index < -0.39 is 5.97 Å². The van der Waals surface area contributed by atoms with Crippen LogP contribution in [0.2, 0.25) is 0 Å². The van der Waals surface area contributed by atoms with Gasteiger partial charge in [0.15, 0.2) is 0 Å². The highest BCUT2D eigenvalue weighted by Gasteiger charge is 2.13. The monoisotopic (exact) mass is 268 g/mol. The van der Waals surface area contributed by atoms with Gasteiger partial charge in [0.2, 0.25) is 5.95 Å². The van der Waals surface area contributed by atoms with E-state index in [-0.39, 0.29) is 5.56 Å². The number of carbonyl (C=O) groups is 1. The fourth-order valence-electron chi connectivity index (χ4n) is 1.73. The van der Waals surface area contributed by atoms with Gasteiger partial charge >= 0.3 is 5.97 Å². The zero-order valence-corrected chi connectivity index (χ0v) is 11.0. The van der Waals surface area contributed by atoms with E-state index in [9.17, 15) is 4.79 Å². The Balaban J connectivity index is 2.38. The second-order valence-electron chi connectivity index (χ2n) is 4.20. The van der Waals surface area contributed by atoms with Crippen molar-refractivity contribution in [3.05, 3.63) is 47.3 Å². The van der Waals surface area contributed by atoms with Gasteiger partial charge < -0.3 is 10.0 Å². The number of carboxylic acid groups (broad SMARTS) is 1. The van der Waals surface area contributed by atoms with Crippen molar-refractivity contribution >= 4 is 17.6 Å². The van der Waals surface area contributed by atoms with Crippen molar-refractivity contribution in [3.63, 3.8) is 0 Å². The summed E-state index contributed by atoms with van der Waals surface area (Å²) in [4.78, 5) is 20.8. The Morgan fingerprint density at radius 3 is 2.80 bits per heavy atom. The second kappa shape index (κ2) is 5.36. The van der Waals surface area contributed by atoms with E-state index >= 15 is 0 Å². The molecule has 0 bridgehead atoms. The maximum atomic E-state index is 10.9. The maximum absolute atomic E-state index is 10.9. The van der Waals surface area contributed by atoms with Gasteiger partial charge in [0.1, 0.15) is 0 Å². The Morgan fingerprint density at radius 1 is 1.45 bits per heavy atom. The summed E-state index contributed by atoms with van der Waals surface area (Å²) in [7, 11) is 1.76. The first-order chi connectivity index (χ1) is 9.52. The van der Waals surface area contributed by atoms with Crippen LogP contribution < -0.4 is 4.90 Å². The van der Waals surface area contributed by atoms with Gasteiger partial charge in [-0.05, 0) is 25.1 Å². The number of nitrogens with zero attached hydrogens (tertiary/aromatic N) is 4. The first-order valence-electron chi connectivity index (χ1n) is 5.83. The van der Waals surface area contributed by atoms with Crippen molar-refractivity contribution in [2.24, 2.45) is 0 Å². The number of anilines is 2. The molecule has 0 unspecified atom stereocenters. The van der Waals surface area contributed by atoms with Gasteiger partial charge in [0.05, 0.1) is 22.9 Å². The van der Waals surface area contributed by atoms with Gasteiger partial charge in [-0.3, -0.25) is 0 Å². The largest absolute Gasteiger partial charge is 0.478 e. The predicted octanol–water partition coefficient (Wildman–Crippen LogP) is 2.12. The number of benzene rings is 1. The molecule has 1 heterocycles. The average Bonchev–Trinajstić information content (AvgIpc) is 2.46. The molecule has 1 N–H and O–H groups in total. The molecule has 0 saturated heterocycles. The van der Waals surface area contributed by atoms with Crippen LogP contribution in [0.15, 0.2) is 30.5 Å². The van der Waals surface area contributed by atoms with Crippen LogP contribution in [0, 0.1) is 18.3 Å². The summed E-state index contributed by atoms with van der Waals surface area (Å²) in [5.74, 6) is -0.675. The van der Waals surface area contributed by atoms with Gasteiger partial charge in [-0.25, -0.2) is 14.8 Å². The lowest BCUT2D eigenvalue weighted by Gasteiger charge is -2.17. The van der Waals surface area contributed by atoms with Gasteiger partial charge in [0, 0.05) is 18.9 Å². The standard InChI is InChI=1S/C14H12N4O2/c1-9-12(13(19)20)8-16-14(17-9)18(2)11-5-3-4-10(6-11)7-15/h3-6,8H,1-2H3,(H,19,20). The van der Waals surface area contributed by atoms with Crippen LogP contribution in [-0.2, 0) is 0 Å². The molecule has 0 aliphatic heterocycles. The van der Waals surface area contributed by atoms with Crippen molar-refractivity contribution < 1.29 is 9.90 Å². The molecule has 0 atom stereocenters. The highest BCUT2D eigenvalue weighted by Crippen LogP contribution is 2.21. The summed E-state index contributed by atoms with van der Waals surface area (Å²) in [5.41, 5.74) is 1.76. The molecule has 20 heavy (non-hydrogen) atoms. The number of hydrogen-bond acceptors (Lipinski definition) is 5. The van der Waals surface area contributed by atoms with E-state index in [2.05, 4.69) is 16.0 Å². The Bertz CT molecular complexity index is 707. The third kappa shape index (κ3) is 2.57. The Hall–Kier alpha value is -2.94. The van der Waals surface area contributed by atoms with E-state index in [0.717, 1.165) is 5.69 Å². The second-order valence-corrected chi connectivity index (χ2v) is 4.20. The van der Waals surface area contributed by atoms with E-state index in [0.29, 0.717) is 17.2 Å². The van der Waals surface area contributed by atoms with E-state index in [4.69, 9.17) is 10.4 Å². The predicted molar refractivity (Wildman–Crippen MR) is 72.9 cm³/mol. The molecule has 0 saturated carbocycles. The third-order valence-electron chi connectivity index (χ3n) is 2.86. The molecule has 6 heteroatoms. The van der Waals surface area contributed by atoms with Crippen LogP contribution in [0.4, 0.5) is 11.6 Å². The summed E-state index contributed by atoms with van der Waals surface area (Å²) in [6.45, 7) is 1.62. The van der Waals surface area contributed by atoms with Gasteiger partial charge in [-0.2, -0.15) is 5.26 Å². The SMILES string of the molecule is Cc1nc(N(C)c2cccc(C#N)c2)ncc1C(=O)O. The number of carboxylic acids is 1. The number of nitriles is 1. The van der Waals surface area contributed by atoms with Crippen molar-refractivity contribution in [1.82, 2.24) is 9.97 Å². The minimum Gasteiger partial charge on any atom is -0.478 e. The minimum absolute atomic E-state index is 0.0768. The lowest BCUT2D eigenvalue weighted by Crippen LogP contribution is -2.15. The number of aryl methyl sites for hydroxylation is 1. The number of aromatic nitrogens is 2. The third-order valence-corrected chi connectivity index (χ3v) is 2.86. The van der Waals surface area contributed by atoms with Crippen molar-refractivity contribution in [2.75, 3.05) is 11.9 Å². The van der Waals surface area contributed by atoms with Gasteiger partial charge in [0.25, 0.3) is 0 Å². The molecular formula is C14H12N4O2. The molecule has 0 aliphatic carbocycles. The van der Waals surface area contributed by atoms with Crippen molar-refractivity contribution in [2.45, 2.75) is 6.92 Å². The lowest BCUT2D eigenvalue weighted by molar-refractivity contribution is 0.0695. The Labute approximate surface area is 115 Å². The molecule has 100 valence electrons. The fourth-order valence-corrected chi connectivity index (χ4v) is 1.73. The zero-order chi connectivity index (χ0) is 14.7. The molecule has 1 aromatic carbocycles. The van der Waals surface area contributed by atoms with Crippen LogP contribution in [0.3, 0.4) is 0 Å². The van der Waals surface area contributed by atoms with Crippen molar-refractivity contribution in [3.8, 4) is 6.07 Å². The average molecular weight is 268 g/mol. The van der Waals surface area contributed by atoms with Crippen LogP contribution in [-0.4, -0.2) is 28.1 Å². The van der Waals surface area contributed by atoms with Gasteiger partial charge in [-0.1, -0.05) is 6.07 Å². The summed E-state index contributed by atoms with van der Waals surface area (Å²) in [5, 5.41) is 17.8. The summed E-state index contributed by atoms with van der Waals surface area (Å²) >= 11 is 0. The molecule has 2 aromatic rings. The van der Waals surface area contributed by atoms with Crippen LogP contribution in [0.5, 0.6) is 0 Å². The number of rotatable bonds is 3. The molecule has 0 radical (unpaired) electrons. The first-order valence-corrected chi connectivity index (χ1v) is 5.83. The van der Waals surface area contributed by atoms with E-state index in [1.807, 2.05) is 6.07 Å². The van der Waals surface area contributed by atoms with Crippen LogP contribution in [0.25, 0.3) is 0 Å². The summed E-state index contributed by atoms with van der Waals surface area (Å²) < 4.78 is 0. The number of aromatic carboxylic acids is 1. The maximum Gasteiger partial charge on any atom is 0.339 e. The molecule has 2 rings (SSSR count). The molecule has 1 aromatic heterocycles. The smallest absolute Gasteiger partial charge is 0.339 e. The quantitative estimate of drug-likeness (QED) is 0.917. The molecule has 0 amide bonds. The van der Waals surface area contributed by atoms with Crippen LogP contribution in [0.1, 0.15) is 21.6 Å². The number of hydrogen-bond donors (Lipinski definition) is 1. The molecule has 0 spiro atoms. The summed E-state index contributed by atoms with van der Waals surface area (Å²) in [6, 6.07) is 9.07. The van der Waals surface area contributed by atoms with E-state index in [1.54, 1.807) is 37.1 Å². The molecule has 0 fully saturated rings. The summed E-state index contributed by atoms with van der Waals surface area (Å²) in [6.07, 6.45) is 1.28. The Morgan fingerprint density at radius 2 is 2.20 bits per heavy atom. The zero-order valence-electron chi connectivity index (χ0n) is 11.0. The molecule has 0 aliphatic rings. The van der Waals surface area contributed by atoms with Crippen molar-refractivity contribution in [1.29, 1.82) is 5.26 Å². The highest BCUT2D eigenvalue weighted by molar-refractivity contribution is 5.88. The lowest BCUT2D eigenvalue weighted by atomic mass is 10.2. The normalized spacial score (nSPS) is 9.85. The van der Waals surface area contributed by atoms with Gasteiger partial charge in [-0.15, -0.1) is 0 Å².